The Morgan fingerprint density at radius 2 is 1.89 bits per heavy atom. The topological polar surface area (TPSA) is 3.24 Å². The predicted molar refractivity (Wildman–Crippen MR) is 81.8 cm³/mol. The molecule has 0 aliphatic carbocycles. The maximum Gasteiger partial charge on any atom is 0.0133 e. The Balaban J connectivity index is 2.76. The van der Waals surface area contributed by atoms with Gasteiger partial charge in [-0.1, -0.05) is 46.8 Å². The van der Waals surface area contributed by atoms with E-state index in [2.05, 4.69) is 65.5 Å². The van der Waals surface area contributed by atoms with Crippen molar-refractivity contribution in [1.29, 1.82) is 0 Å². The summed E-state index contributed by atoms with van der Waals surface area (Å²) >= 11 is 0. The van der Waals surface area contributed by atoms with Crippen LogP contribution in [0.15, 0.2) is 12.2 Å². The normalized spacial score (nSPS) is 33.4. The first-order valence-corrected chi connectivity index (χ1v) is 7.72. The number of nitrogens with zero attached hydrogens (tertiary/aromatic N) is 1. The largest absolute Gasteiger partial charge is 0.297 e. The van der Waals surface area contributed by atoms with Crippen LogP contribution >= 0.6 is 0 Å². The van der Waals surface area contributed by atoms with Crippen LogP contribution in [0, 0.1) is 17.3 Å². The van der Waals surface area contributed by atoms with Crippen LogP contribution in [0.5, 0.6) is 0 Å². The van der Waals surface area contributed by atoms with Crippen LogP contribution in [0.1, 0.15) is 61.3 Å². The molecule has 106 valence electrons. The van der Waals surface area contributed by atoms with Crippen LogP contribution in [0.2, 0.25) is 0 Å². The molecular formula is C17H33N. The molecule has 0 N–H and O–H groups in total. The molecule has 0 amide bonds. The van der Waals surface area contributed by atoms with Gasteiger partial charge >= 0.3 is 0 Å². The molecule has 3 atom stereocenters. The van der Waals surface area contributed by atoms with E-state index in [4.69, 9.17) is 0 Å². The van der Waals surface area contributed by atoms with Gasteiger partial charge in [0.05, 0.1) is 0 Å². The zero-order valence-electron chi connectivity index (χ0n) is 13.5. The van der Waals surface area contributed by atoms with Crippen LogP contribution in [0.25, 0.3) is 0 Å². The second-order valence-corrected chi connectivity index (χ2v) is 7.16. The summed E-state index contributed by atoms with van der Waals surface area (Å²) in [6.07, 6.45) is 7.43. The summed E-state index contributed by atoms with van der Waals surface area (Å²) in [4.78, 5) is 2.67. The van der Waals surface area contributed by atoms with Crippen molar-refractivity contribution in [2.24, 2.45) is 17.3 Å². The maximum atomic E-state index is 2.67. The van der Waals surface area contributed by atoms with E-state index >= 15 is 0 Å². The lowest BCUT2D eigenvalue weighted by Crippen LogP contribution is -2.55. The molecule has 0 aromatic heterocycles. The average molecular weight is 251 g/mol. The first kappa shape index (κ1) is 15.8. The zero-order valence-corrected chi connectivity index (χ0v) is 13.5. The van der Waals surface area contributed by atoms with Gasteiger partial charge in [0.2, 0.25) is 0 Å². The molecule has 18 heavy (non-hydrogen) atoms. The van der Waals surface area contributed by atoms with Crippen LogP contribution in [0.4, 0.5) is 0 Å². The number of piperidine rings is 1. The minimum Gasteiger partial charge on any atom is -0.297 e. The molecule has 0 spiro atoms. The van der Waals surface area contributed by atoms with Gasteiger partial charge in [0.15, 0.2) is 0 Å². The van der Waals surface area contributed by atoms with Crippen molar-refractivity contribution in [3.8, 4) is 0 Å². The summed E-state index contributed by atoms with van der Waals surface area (Å²) in [5.41, 5.74) is 0.426. The highest BCUT2D eigenvalue weighted by Crippen LogP contribution is 2.41. The molecular weight excluding hydrogens is 218 g/mol. The van der Waals surface area contributed by atoms with Crippen molar-refractivity contribution in [1.82, 2.24) is 4.90 Å². The fourth-order valence-electron chi connectivity index (χ4n) is 3.31. The van der Waals surface area contributed by atoms with Crippen molar-refractivity contribution < 1.29 is 0 Å². The molecule has 1 nitrogen and oxygen atoms in total. The van der Waals surface area contributed by atoms with E-state index in [0.29, 0.717) is 17.5 Å². The Morgan fingerprint density at radius 3 is 2.39 bits per heavy atom. The molecule has 0 aromatic rings. The van der Waals surface area contributed by atoms with Crippen molar-refractivity contribution >= 4 is 0 Å². The first-order chi connectivity index (χ1) is 8.29. The van der Waals surface area contributed by atoms with Crippen LogP contribution in [-0.4, -0.2) is 23.5 Å². The molecule has 0 saturated carbocycles. The monoisotopic (exact) mass is 251 g/mol. The molecule has 1 rings (SSSR count). The Bertz CT molecular complexity index is 277. The second kappa shape index (κ2) is 6.23. The Morgan fingerprint density at radius 1 is 1.28 bits per heavy atom. The van der Waals surface area contributed by atoms with Gasteiger partial charge in [-0.2, -0.15) is 0 Å². The standard InChI is InChI=1S/C17H33N/c1-8-18-14(4)16(11-9-10-13(2)3)12-17(6,7)15(18)5/h9,11,13-16H,8,10,12H2,1-7H3/b11-9+. The molecule has 1 saturated heterocycles. The Labute approximate surface area is 115 Å². The maximum absolute atomic E-state index is 2.67. The lowest BCUT2D eigenvalue weighted by molar-refractivity contribution is -0.00976. The SMILES string of the molecule is CCN1C(C)C(/C=C/CC(C)C)CC(C)(C)C1C. The van der Waals surface area contributed by atoms with Crippen LogP contribution in [-0.2, 0) is 0 Å². The van der Waals surface area contributed by atoms with E-state index in [1.807, 2.05) is 0 Å². The highest BCUT2D eigenvalue weighted by Gasteiger charge is 2.41. The molecule has 1 aliphatic heterocycles. The molecule has 1 heterocycles. The summed E-state index contributed by atoms with van der Waals surface area (Å²) in [6.45, 7) is 17.7. The fourth-order valence-corrected chi connectivity index (χ4v) is 3.31. The van der Waals surface area contributed by atoms with Crippen molar-refractivity contribution in [3.05, 3.63) is 12.2 Å². The van der Waals surface area contributed by atoms with Crippen molar-refractivity contribution in [2.75, 3.05) is 6.54 Å². The van der Waals surface area contributed by atoms with Gasteiger partial charge in [-0.3, -0.25) is 4.90 Å². The van der Waals surface area contributed by atoms with E-state index in [9.17, 15) is 0 Å². The van der Waals surface area contributed by atoms with Gasteiger partial charge in [-0.25, -0.2) is 0 Å². The van der Waals surface area contributed by atoms with E-state index in [-0.39, 0.29) is 0 Å². The lowest BCUT2D eigenvalue weighted by atomic mass is 9.70. The third kappa shape index (κ3) is 3.60. The first-order valence-electron chi connectivity index (χ1n) is 7.72. The predicted octanol–water partition coefficient (Wildman–Crippen LogP) is 4.73. The molecule has 0 radical (unpaired) electrons. The minimum absolute atomic E-state index is 0.426. The zero-order chi connectivity index (χ0) is 13.9. The van der Waals surface area contributed by atoms with Gasteiger partial charge in [0.1, 0.15) is 0 Å². The third-order valence-electron chi connectivity index (χ3n) is 4.89. The van der Waals surface area contributed by atoms with Gasteiger partial charge < -0.3 is 0 Å². The Hall–Kier alpha value is -0.300. The van der Waals surface area contributed by atoms with Crippen molar-refractivity contribution in [2.45, 2.75) is 73.4 Å². The third-order valence-corrected chi connectivity index (χ3v) is 4.89. The number of allylic oxidation sites excluding steroid dienone is 1. The van der Waals surface area contributed by atoms with Gasteiger partial charge in [0, 0.05) is 12.1 Å². The highest BCUT2D eigenvalue weighted by atomic mass is 15.2. The number of likely N-dealkylation sites (tertiary alicyclic amines) is 1. The lowest BCUT2D eigenvalue weighted by Gasteiger charge is -2.51. The molecule has 0 bridgehead atoms. The smallest absolute Gasteiger partial charge is 0.0133 e. The number of hydrogen-bond donors (Lipinski definition) is 0. The number of rotatable bonds is 4. The minimum atomic E-state index is 0.426. The van der Waals surface area contributed by atoms with E-state index in [1.165, 1.54) is 19.4 Å². The summed E-state index contributed by atoms with van der Waals surface area (Å²) in [6, 6.07) is 1.37. The summed E-state index contributed by atoms with van der Waals surface area (Å²) in [7, 11) is 0. The highest BCUT2D eigenvalue weighted by molar-refractivity contribution is 5.03. The van der Waals surface area contributed by atoms with Crippen LogP contribution < -0.4 is 0 Å². The molecule has 1 aliphatic rings. The van der Waals surface area contributed by atoms with Crippen LogP contribution in [0.3, 0.4) is 0 Å². The molecule has 1 heteroatoms. The number of hydrogen-bond acceptors (Lipinski definition) is 1. The molecule has 0 aromatic carbocycles. The van der Waals surface area contributed by atoms with Gasteiger partial charge in [-0.15, -0.1) is 0 Å². The van der Waals surface area contributed by atoms with E-state index in [1.54, 1.807) is 0 Å². The summed E-state index contributed by atoms with van der Waals surface area (Å²) in [5, 5.41) is 0. The fraction of sp³-hybridized carbons (Fsp3) is 0.882. The Kier molecular flexibility index (Phi) is 5.46. The molecule has 3 unspecified atom stereocenters. The second-order valence-electron chi connectivity index (χ2n) is 7.16. The van der Waals surface area contributed by atoms with E-state index < -0.39 is 0 Å². The van der Waals surface area contributed by atoms with Gasteiger partial charge in [0.25, 0.3) is 0 Å². The summed E-state index contributed by atoms with van der Waals surface area (Å²) < 4.78 is 0. The molecule has 1 fully saturated rings. The van der Waals surface area contributed by atoms with Crippen molar-refractivity contribution in [3.63, 3.8) is 0 Å². The van der Waals surface area contributed by atoms with E-state index in [0.717, 1.165) is 11.8 Å². The summed E-state index contributed by atoms with van der Waals surface area (Å²) in [5.74, 6) is 1.49. The quantitative estimate of drug-likeness (QED) is 0.653. The van der Waals surface area contributed by atoms with Gasteiger partial charge in [-0.05, 0) is 50.5 Å². The average Bonchev–Trinajstić information content (AvgIpc) is 2.26.